The van der Waals surface area contributed by atoms with Crippen LogP contribution in [0.25, 0.3) is 0 Å². The Hall–Kier alpha value is -3.24. The first kappa shape index (κ1) is 22.0. The fourth-order valence-corrected chi connectivity index (χ4v) is 3.70. The highest BCUT2D eigenvalue weighted by Gasteiger charge is 2.34. The molecule has 1 aliphatic heterocycles. The zero-order valence-electron chi connectivity index (χ0n) is 18.1. The minimum absolute atomic E-state index is 0.0676. The Balaban J connectivity index is 1.35. The molecule has 1 amide bonds. The topological polar surface area (TPSA) is 88.6 Å². The predicted octanol–water partition coefficient (Wildman–Crippen LogP) is 3.79. The number of carbonyl (C=O) groups is 1. The van der Waals surface area contributed by atoms with Gasteiger partial charge in [0.1, 0.15) is 29.3 Å². The number of nitrogens with zero attached hydrogens (tertiary/aromatic N) is 3. The van der Waals surface area contributed by atoms with Crippen molar-refractivity contribution in [1.82, 2.24) is 9.97 Å². The molecule has 0 bridgehead atoms. The molecule has 172 valence electrons. The summed E-state index contributed by atoms with van der Waals surface area (Å²) in [6.45, 7) is 5.16. The molecule has 2 aliphatic rings. The molecule has 2 aromatic rings. The number of ether oxygens (including phenoxy) is 2. The number of rotatable bonds is 5. The van der Waals surface area contributed by atoms with Gasteiger partial charge in [0.05, 0.1) is 5.69 Å². The molecule has 0 radical (unpaired) electrons. The number of hydrogen-bond donors (Lipinski definition) is 2. The van der Waals surface area contributed by atoms with Crippen molar-refractivity contribution in [3.63, 3.8) is 0 Å². The van der Waals surface area contributed by atoms with Crippen molar-refractivity contribution in [2.24, 2.45) is 0 Å². The molecule has 11 heteroatoms. The van der Waals surface area contributed by atoms with E-state index in [0.717, 1.165) is 0 Å². The normalized spacial score (nSPS) is 22.5. The van der Waals surface area contributed by atoms with Crippen molar-refractivity contribution in [1.29, 1.82) is 0 Å². The van der Waals surface area contributed by atoms with E-state index in [1.807, 2.05) is 18.9 Å². The average Bonchev–Trinajstić information content (AvgIpc) is 2.67. The fraction of sp³-hybridized carbons (Fsp3) is 0.476. The standard InChI is InChI=1S/C21H24F3N5O3/c1-10-7-14(5-6-16(10)32-21(22,23)24)31-15-8-13(9-15)26-20-25-11(2)17-18(28-20)29(4)12(3)19(30)27-17/h5-7,12-13,15H,8-9H2,1-4H3,(H,27,30)(H,25,26,28)/t12-,13-,15-/m0/s1. The van der Waals surface area contributed by atoms with Crippen molar-refractivity contribution in [3.8, 4) is 11.5 Å². The maximum atomic E-state index is 12.4. The van der Waals surface area contributed by atoms with Gasteiger partial charge in [-0.2, -0.15) is 4.98 Å². The highest BCUT2D eigenvalue weighted by atomic mass is 19.4. The summed E-state index contributed by atoms with van der Waals surface area (Å²) < 4.78 is 47.1. The Morgan fingerprint density at radius 2 is 1.94 bits per heavy atom. The van der Waals surface area contributed by atoms with Gasteiger partial charge in [-0.1, -0.05) is 0 Å². The predicted molar refractivity (Wildman–Crippen MR) is 112 cm³/mol. The van der Waals surface area contributed by atoms with Gasteiger partial charge in [0, 0.05) is 25.9 Å². The molecule has 0 unspecified atom stereocenters. The number of aromatic nitrogens is 2. The number of likely N-dealkylation sites (N-methyl/N-ethyl adjacent to an activating group) is 1. The van der Waals surface area contributed by atoms with Crippen LogP contribution >= 0.6 is 0 Å². The number of fused-ring (bicyclic) bond motifs is 1. The molecule has 8 nitrogen and oxygen atoms in total. The highest BCUT2D eigenvalue weighted by molar-refractivity contribution is 6.03. The second-order valence-corrected chi connectivity index (χ2v) is 8.13. The van der Waals surface area contributed by atoms with E-state index in [-0.39, 0.29) is 29.8 Å². The van der Waals surface area contributed by atoms with Gasteiger partial charge in [-0.25, -0.2) is 4.98 Å². The quantitative estimate of drug-likeness (QED) is 0.715. The summed E-state index contributed by atoms with van der Waals surface area (Å²) in [6, 6.07) is 4.03. The van der Waals surface area contributed by atoms with Crippen LogP contribution in [-0.2, 0) is 4.79 Å². The third-order valence-electron chi connectivity index (χ3n) is 5.72. The van der Waals surface area contributed by atoms with E-state index in [1.165, 1.54) is 25.1 Å². The Labute approximate surface area is 183 Å². The van der Waals surface area contributed by atoms with Gasteiger partial charge in [-0.05, 0) is 44.5 Å². The lowest BCUT2D eigenvalue weighted by Crippen LogP contribution is -2.45. The number of alkyl halides is 3. The molecule has 0 spiro atoms. The second kappa shape index (κ2) is 8.03. The monoisotopic (exact) mass is 451 g/mol. The molecule has 32 heavy (non-hydrogen) atoms. The second-order valence-electron chi connectivity index (χ2n) is 8.13. The summed E-state index contributed by atoms with van der Waals surface area (Å²) in [5, 5.41) is 6.14. The van der Waals surface area contributed by atoms with Crippen LogP contribution in [-0.4, -0.2) is 47.5 Å². The first-order valence-electron chi connectivity index (χ1n) is 10.2. The highest BCUT2D eigenvalue weighted by Crippen LogP contribution is 2.35. The zero-order valence-corrected chi connectivity index (χ0v) is 18.1. The van der Waals surface area contributed by atoms with Crippen LogP contribution in [0.3, 0.4) is 0 Å². The van der Waals surface area contributed by atoms with Gasteiger partial charge >= 0.3 is 6.36 Å². The molecule has 2 N–H and O–H groups in total. The number of aryl methyl sites for hydroxylation is 2. The van der Waals surface area contributed by atoms with E-state index in [1.54, 1.807) is 6.92 Å². The molecule has 4 rings (SSSR count). The fourth-order valence-electron chi connectivity index (χ4n) is 3.70. The van der Waals surface area contributed by atoms with Crippen molar-refractivity contribution >= 4 is 23.4 Å². The van der Waals surface area contributed by atoms with E-state index >= 15 is 0 Å². The first-order chi connectivity index (χ1) is 15.0. The summed E-state index contributed by atoms with van der Waals surface area (Å²) in [5.41, 5.74) is 1.63. The van der Waals surface area contributed by atoms with Crippen LogP contribution in [0, 0.1) is 13.8 Å². The molecule has 1 fully saturated rings. The van der Waals surface area contributed by atoms with E-state index in [2.05, 4.69) is 25.3 Å². The maximum absolute atomic E-state index is 12.4. The third kappa shape index (κ3) is 4.51. The summed E-state index contributed by atoms with van der Waals surface area (Å²) >= 11 is 0. The van der Waals surface area contributed by atoms with Gasteiger partial charge in [0.25, 0.3) is 0 Å². The molecule has 1 aliphatic carbocycles. The molecule has 1 saturated carbocycles. The average molecular weight is 451 g/mol. The van der Waals surface area contributed by atoms with Crippen LogP contribution in [0.15, 0.2) is 18.2 Å². The third-order valence-corrected chi connectivity index (χ3v) is 5.72. The maximum Gasteiger partial charge on any atom is 0.573 e. The number of anilines is 3. The Kier molecular flexibility index (Phi) is 5.51. The largest absolute Gasteiger partial charge is 0.573 e. The van der Waals surface area contributed by atoms with Gasteiger partial charge < -0.3 is 25.0 Å². The number of hydrogen-bond acceptors (Lipinski definition) is 7. The van der Waals surface area contributed by atoms with Crippen LogP contribution in [0.1, 0.15) is 31.0 Å². The Morgan fingerprint density at radius 3 is 2.59 bits per heavy atom. The van der Waals surface area contributed by atoms with Crippen LogP contribution < -0.4 is 25.0 Å². The lowest BCUT2D eigenvalue weighted by molar-refractivity contribution is -0.274. The van der Waals surface area contributed by atoms with E-state index in [4.69, 9.17) is 4.74 Å². The van der Waals surface area contributed by atoms with E-state index in [0.29, 0.717) is 47.3 Å². The van der Waals surface area contributed by atoms with Gasteiger partial charge in [0.2, 0.25) is 11.9 Å². The zero-order chi connectivity index (χ0) is 23.2. The molecule has 1 atom stereocenters. The van der Waals surface area contributed by atoms with Gasteiger partial charge in [-0.3, -0.25) is 4.79 Å². The van der Waals surface area contributed by atoms with Gasteiger partial charge in [0.15, 0.2) is 5.82 Å². The van der Waals surface area contributed by atoms with Crippen LogP contribution in [0.4, 0.5) is 30.6 Å². The lowest BCUT2D eigenvalue weighted by Gasteiger charge is -2.37. The summed E-state index contributed by atoms with van der Waals surface area (Å²) in [4.78, 5) is 22.9. The van der Waals surface area contributed by atoms with Crippen LogP contribution in [0.5, 0.6) is 11.5 Å². The molecule has 0 saturated heterocycles. The number of benzene rings is 1. The summed E-state index contributed by atoms with van der Waals surface area (Å²) in [5.74, 6) is 1.29. The smallest absolute Gasteiger partial charge is 0.490 e. The van der Waals surface area contributed by atoms with Crippen molar-refractivity contribution in [2.75, 3.05) is 22.6 Å². The molecule has 1 aromatic heterocycles. The molecular formula is C21H24F3N5O3. The van der Waals surface area contributed by atoms with Crippen molar-refractivity contribution < 1.29 is 27.4 Å². The van der Waals surface area contributed by atoms with Crippen molar-refractivity contribution in [3.05, 3.63) is 29.5 Å². The minimum atomic E-state index is -4.73. The number of nitrogens with one attached hydrogen (secondary N) is 2. The lowest BCUT2D eigenvalue weighted by atomic mass is 9.89. The molecule has 1 aromatic carbocycles. The van der Waals surface area contributed by atoms with Gasteiger partial charge in [-0.15, -0.1) is 13.2 Å². The van der Waals surface area contributed by atoms with E-state index in [9.17, 15) is 18.0 Å². The summed E-state index contributed by atoms with van der Waals surface area (Å²) in [6.07, 6.45) is -3.40. The van der Waals surface area contributed by atoms with Crippen molar-refractivity contribution in [2.45, 2.75) is 58.2 Å². The Bertz CT molecular complexity index is 1040. The molecular weight excluding hydrogens is 427 g/mol. The number of amides is 1. The number of halogens is 3. The minimum Gasteiger partial charge on any atom is -0.490 e. The molecule has 2 heterocycles. The summed E-state index contributed by atoms with van der Waals surface area (Å²) in [7, 11) is 1.82. The number of carbonyl (C=O) groups excluding carboxylic acids is 1. The first-order valence-corrected chi connectivity index (χ1v) is 10.2. The van der Waals surface area contributed by atoms with Crippen LogP contribution in [0.2, 0.25) is 0 Å². The Morgan fingerprint density at radius 1 is 1.22 bits per heavy atom. The van der Waals surface area contributed by atoms with E-state index < -0.39 is 6.36 Å². The SMILES string of the molecule is Cc1cc(O[C@H]2C[C@H](Nc3nc(C)c4c(n3)N(C)[C@@H](C)C(=O)N4)C2)ccc1OC(F)(F)F.